The van der Waals surface area contributed by atoms with E-state index in [0.29, 0.717) is 28.9 Å². The van der Waals surface area contributed by atoms with Gasteiger partial charge in [-0.2, -0.15) is 0 Å². The van der Waals surface area contributed by atoms with E-state index in [1.807, 2.05) is 56.6 Å². The van der Waals surface area contributed by atoms with E-state index in [0.717, 1.165) is 18.5 Å². The first-order valence-electron chi connectivity index (χ1n) is 8.10. The van der Waals surface area contributed by atoms with Crippen molar-refractivity contribution in [2.45, 2.75) is 6.42 Å². The highest BCUT2D eigenvalue weighted by atomic mass is 35.5. The van der Waals surface area contributed by atoms with Gasteiger partial charge in [0.15, 0.2) is 0 Å². The van der Waals surface area contributed by atoms with Crippen LogP contribution in [0.25, 0.3) is 22.1 Å². The summed E-state index contributed by atoms with van der Waals surface area (Å²) in [7, 11) is 4.03. The zero-order valence-corrected chi connectivity index (χ0v) is 16.0. The maximum absolute atomic E-state index is 11.4. The average Bonchev–Trinajstić information content (AvgIpc) is 2.98. The summed E-state index contributed by atoms with van der Waals surface area (Å²) in [6.07, 6.45) is 0.901. The van der Waals surface area contributed by atoms with E-state index in [4.69, 9.17) is 9.15 Å². The summed E-state index contributed by atoms with van der Waals surface area (Å²) in [5, 5.41) is 12.1. The topological polar surface area (TPSA) is 100 Å². The molecule has 0 atom stereocenters. The van der Waals surface area contributed by atoms with Crippen molar-refractivity contribution in [2.24, 2.45) is 0 Å². The SMILES string of the molecule is CN(C)CCCOc1ccc2c(-c3ccccc3)c([N+](=O)[O-])oc2c1.Cl.O. The fraction of sp³-hybridized carbons (Fsp3) is 0.263. The maximum Gasteiger partial charge on any atom is 0.442 e. The number of furan rings is 1. The third kappa shape index (κ3) is 5.19. The Morgan fingerprint density at radius 2 is 1.85 bits per heavy atom. The lowest BCUT2D eigenvalue weighted by molar-refractivity contribution is -0.400. The number of rotatable bonds is 7. The second-order valence-corrected chi connectivity index (χ2v) is 6.07. The zero-order chi connectivity index (χ0) is 17.8. The molecule has 0 aliphatic carbocycles. The molecule has 2 aromatic carbocycles. The van der Waals surface area contributed by atoms with Crippen molar-refractivity contribution in [3.05, 3.63) is 58.6 Å². The molecule has 27 heavy (non-hydrogen) atoms. The molecule has 0 unspecified atom stereocenters. The van der Waals surface area contributed by atoms with E-state index in [9.17, 15) is 10.1 Å². The Bertz CT molecular complexity index is 880. The van der Waals surface area contributed by atoms with Crippen molar-refractivity contribution >= 4 is 29.3 Å². The van der Waals surface area contributed by atoms with Crippen molar-refractivity contribution in [1.29, 1.82) is 0 Å². The monoisotopic (exact) mass is 394 g/mol. The average molecular weight is 395 g/mol. The molecule has 0 saturated carbocycles. The number of hydrogen-bond acceptors (Lipinski definition) is 5. The van der Waals surface area contributed by atoms with Gasteiger partial charge in [-0.3, -0.25) is 10.1 Å². The third-order valence-electron chi connectivity index (χ3n) is 3.89. The van der Waals surface area contributed by atoms with Gasteiger partial charge < -0.3 is 19.5 Å². The molecule has 0 aliphatic rings. The minimum absolute atomic E-state index is 0. The van der Waals surface area contributed by atoms with E-state index in [-0.39, 0.29) is 23.8 Å². The fourth-order valence-corrected chi connectivity index (χ4v) is 2.74. The molecule has 3 aromatic rings. The van der Waals surface area contributed by atoms with Gasteiger partial charge in [-0.25, -0.2) is 0 Å². The van der Waals surface area contributed by atoms with Crippen LogP contribution in [0.15, 0.2) is 52.9 Å². The van der Waals surface area contributed by atoms with Gasteiger partial charge in [-0.05, 0) is 38.2 Å². The van der Waals surface area contributed by atoms with Crippen LogP contribution in [-0.4, -0.2) is 42.5 Å². The van der Waals surface area contributed by atoms with Crippen LogP contribution >= 0.6 is 12.4 Å². The Morgan fingerprint density at radius 1 is 1.15 bits per heavy atom. The molecular weight excluding hydrogens is 372 g/mol. The first-order valence-corrected chi connectivity index (χ1v) is 8.10. The molecule has 0 fully saturated rings. The van der Waals surface area contributed by atoms with Gasteiger partial charge in [0.2, 0.25) is 0 Å². The van der Waals surface area contributed by atoms with Crippen LogP contribution in [0.3, 0.4) is 0 Å². The van der Waals surface area contributed by atoms with Crippen LogP contribution in [-0.2, 0) is 0 Å². The van der Waals surface area contributed by atoms with Crippen molar-refractivity contribution in [1.82, 2.24) is 4.90 Å². The molecule has 0 saturated heterocycles. The highest BCUT2D eigenvalue weighted by Gasteiger charge is 2.25. The molecule has 2 N–H and O–H groups in total. The summed E-state index contributed by atoms with van der Waals surface area (Å²) in [4.78, 5) is 13.0. The summed E-state index contributed by atoms with van der Waals surface area (Å²) in [5.74, 6) is 0.403. The van der Waals surface area contributed by atoms with E-state index in [2.05, 4.69) is 4.90 Å². The minimum Gasteiger partial charge on any atom is -0.493 e. The van der Waals surface area contributed by atoms with Gasteiger partial charge in [0.1, 0.15) is 21.8 Å². The molecule has 8 heteroatoms. The van der Waals surface area contributed by atoms with Gasteiger partial charge in [-0.1, -0.05) is 30.3 Å². The lowest BCUT2D eigenvalue weighted by Crippen LogP contribution is -2.15. The number of benzene rings is 2. The number of fused-ring (bicyclic) bond motifs is 1. The summed E-state index contributed by atoms with van der Waals surface area (Å²) < 4.78 is 11.2. The molecule has 0 amide bonds. The fourth-order valence-electron chi connectivity index (χ4n) is 2.74. The van der Waals surface area contributed by atoms with Crippen molar-refractivity contribution in [3.63, 3.8) is 0 Å². The van der Waals surface area contributed by atoms with E-state index >= 15 is 0 Å². The molecular formula is C19H23ClN2O5. The van der Waals surface area contributed by atoms with Crippen molar-refractivity contribution in [2.75, 3.05) is 27.2 Å². The third-order valence-corrected chi connectivity index (χ3v) is 3.89. The van der Waals surface area contributed by atoms with Gasteiger partial charge in [0, 0.05) is 18.0 Å². The smallest absolute Gasteiger partial charge is 0.442 e. The second kappa shape index (κ2) is 9.91. The number of hydrogen-bond donors (Lipinski definition) is 0. The van der Waals surface area contributed by atoms with Gasteiger partial charge in [-0.15, -0.1) is 12.4 Å². The molecule has 1 heterocycles. The van der Waals surface area contributed by atoms with Crippen LogP contribution in [0.4, 0.5) is 5.88 Å². The maximum atomic E-state index is 11.4. The normalized spacial score (nSPS) is 10.3. The molecule has 0 spiro atoms. The number of ether oxygens (including phenoxy) is 1. The molecule has 0 bridgehead atoms. The largest absolute Gasteiger partial charge is 0.493 e. The summed E-state index contributed by atoms with van der Waals surface area (Å²) in [6.45, 7) is 1.52. The zero-order valence-electron chi connectivity index (χ0n) is 15.2. The summed E-state index contributed by atoms with van der Waals surface area (Å²) in [6, 6.07) is 14.6. The number of nitrogens with zero attached hydrogens (tertiary/aromatic N) is 2. The van der Waals surface area contributed by atoms with Crippen LogP contribution in [0, 0.1) is 10.1 Å². The lowest BCUT2D eigenvalue weighted by atomic mass is 10.0. The summed E-state index contributed by atoms with van der Waals surface area (Å²) in [5.41, 5.74) is 1.71. The standard InChI is InChI=1S/C19H20N2O4.ClH.H2O/c1-20(2)11-6-12-24-15-9-10-16-17(13-15)25-19(21(22)23)18(16)14-7-4-3-5-8-14;;/h3-5,7-10,13H,6,11-12H2,1-2H3;1H;1H2. The van der Waals surface area contributed by atoms with Gasteiger partial charge in [0.05, 0.1) is 6.61 Å². The van der Waals surface area contributed by atoms with Crippen LogP contribution in [0.2, 0.25) is 0 Å². The van der Waals surface area contributed by atoms with Crippen LogP contribution < -0.4 is 4.74 Å². The quantitative estimate of drug-likeness (QED) is 0.343. The molecule has 146 valence electrons. The van der Waals surface area contributed by atoms with E-state index in [1.54, 1.807) is 6.07 Å². The Kier molecular flexibility index (Phi) is 8.24. The molecule has 3 rings (SSSR count). The van der Waals surface area contributed by atoms with E-state index < -0.39 is 4.92 Å². The van der Waals surface area contributed by atoms with Gasteiger partial charge >= 0.3 is 5.88 Å². The highest BCUT2D eigenvalue weighted by Crippen LogP contribution is 2.40. The first kappa shape index (κ1) is 22.4. The van der Waals surface area contributed by atoms with Crippen LogP contribution in [0.1, 0.15) is 6.42 Å². The number of nitro groups is 1. The first-order chi connectivity index (χ1) is 12.1. The Morgan fingerprint density at radius 3 is 2.48 bits per heavy atom. The van der Waals surface area contributed by atoms with E-state index in [1.165, 1.54) is 0 Å². The minimum atomic E-state index is -0.486. The van der Waals surface area contributed by atoms with Gasteiger partial charge in [0.25, 0.3) is 0 Å². The van der Waals surface area contributed by atoms with Crippen LogP contribution in [0.5, 0.6) is 5.75 Å². The molecule has 0 radical (unpaired) electrons. The Balaban J connectivity index is 0.00000182. The Labute approximate surface area is 163 Å². The van der Waals surface area contributed by atoms with Crippen molar-refractivity contribution < 1.29 is 19.6 Å². The molecule has 7 nitrogen and oxygen atoms in total. The number of halogens is 1. The predicted octanol–water partition coefficient (Wildman–Crippen LogP) is 3.94. The molecule has 1 aromatic heterocycles. The second-order valence-electron chi connectivity index (χ2n) is 6.07. The van der Waals surface area contributed by atoms with Crippen molar-refractivity contribution in [3.8, 4) is 16.9 Å². The predicted molar refractivity (Wildman–Crippen MR) is 108 cm³/mol. The highest BCUT2D eigenvalue weighted by molar-refractivity contribution is 5.99. The molecule has 0 aliphatic heterocycles. The summed E-state index contributed by atoms with van der Waals surface area (Å²) >= 11 is 0. The Hall–Kier alpha value is -2.61. The lowest BCUT2D eigenvalue weighted by Gasteiger charge is -2.10.